The first-order valence-corrected chi connectivity index (χ1v) is 9.62. The number of nitrogens with one attached hydrogen (secondary N) is 2. The Balaban J connectivity index is 1.34. The van der Waals surface area contributed by atoms with E-state index in [4.69, 9.17) is 0 Å². The number of anilines is 2. The summed E-state index contributed by atoms with van der Waals surface area (Å²) in [6.45, 7) is 1.10. The van der Waals surface area contributed by atoms with Crippen LogP contribution in [0.3, 0.4) is 0 Å². The topological polar surface area (TPSA) is 49.3 Å². The molecular weight excluding hydrogens is 374 g/mol. The van der Waals surface area contributed by atoms with Gasteiger partial charge in [-0.1, -0.05) is 0 Å². The first-order chi connectivity index (χ1) is 14.0. The molecule has 29 heavy (non-hydrogen) atoms. The number of nitrogens with zero attached hydrogens (tertiary/aromatic N) is 2. The Morgan fingerprint density at radius 2 is 1.72 bits per heavy atom. The molecule has 2 amide bonds. The Morgan fingerprint density at radius 3 is 2.48 bits per heavy atom. The molecule has 0 unspecified atom stereocenters. The lowest BCUT2D eigenvalue weighted by atomic mass is 9.82. The highest BCUT2D eigenvalue weighted by Gasteiger charge is 2.42. The van der Waals surface area contributed by atoms with Crippen molar-refractivity contribution in [2.24, 2.45) is 0 Å². The number of piperidine rings is 1. The number of aromatic nitrogens is 1. The van der Waals surface area contributed by atoms with E-state index in [0.717, 1.165) is 17.1 Å². The van der Waals surface area contributed by atoms with Crippen molar-refractivity contribution < 1.29 is 13.6 Å². The minimum absolute atomic E-state index is 0.205. The fourth-order valence-electron chi connectivity index (χ4n) is 4.33. The third-order valence-electron chi connectivity index (χ3n) is 5.83. The molecule has 1 aromatic heterocycles. The van der Waals surface area contributed by atoms with E-state index in [1.807, 2.05) is 12.3 Å². The van der Waals surface area contributed by atoms with Gasteiger partial charge in [0.1, 0.15) is 11.6 Å². The number of hydrogen-bond acceptors (Lipinski definition) is 2. The molecule has 0 bridgehead atoms. The third-order valence-corrected chi connectivity index (χ3v) is 5.83. The van der Waals surface area contributed by atoms with E-state index in [9.17, 15) is 13.6 Å². The second-order valence-corrected chi connectivity index (χ2v) is 7.56. The van der Waals surface area contributed by atoms with Gasteiger partial charge in [0.25, 0.3) is 0 Å². The van der Waals surface area contributed by atoms with E-state index in [1.54, 1.807) is 23.1 Å². The number of carbonyl (C=O) groups excluding carboxylic acids is 1. The van der Waals surface area contributed by atoms with Crippen molar-refractivity contribution >= 4 is 17.4 Å². The van der Waals surface area contributed by atoms with Crippen LogP contribution >= 0.6 is 0 Å². The molecule has 2 aliphatic rings. The molecule has 2 aromatic carbocycles. The Kier molecular flexibility index (Phi) is 4.04. The molecule has 3 aromatic rings. The Morgan fingerprint density at radius 1 is 1.00 bits per heavy atom. The van der Waals surface area contributed by atoms with Crippen LogP contribution in [0, 0.1) is 11.6 Å². The summed E-state index contributed by atoms with van der Waals surface area (Å²) in [5.41, 5.74) is 3.02. The molecule has 2 N–H and O–H groups in total. The van der Waals surface area contributed by atoms with Crippen LogP contribution in [0.15, 0.2) is 60.8 Å². The van der Waals surface area contributed by atoms with Gasteiger partial charge in [-0.15, -0.1) is 0 Å². The maximum Gasteiger partial charge on any atom is 0.321 e. The zero-order valence-corrected chi connectivity index (χ0v) is 15.7. The van der Waals surface area contributed by atoms with Gasteiger partial charge in [0.2, 0.25) is 0 Å². The van der Waals surface area contributed by atoms with Crippen LogP contribution in [0.1, 0.15) is 18.5 Å². The average molecular weight is 394 g/mol. The number of amides is 2. The highest BCUT2D eigenvalue weighted by molar-refractivity contribution is 5.89. The smallest absolute Gasteiger partial charge is 0.321 e. The van der Waals surface area contributed by atoms with Crippen LogP contribution in [0.25, 0.3) is 5.69 Å². The third kappa shape index (κ3) is 3.03. The van der Waals surface area contributed by atoms with E-state index in [0.29, 0.717) is 31.6 Å². The van der Waals surface area contributed by atoms with Crippen molar-refractivity contribution in [3.05, 3.63) is 78.1 Å². The molecule has 0 radical (unpaired) electrons. The van der Waals surface area contributed by atoms with Gasteiger partial charge in [0.05, 0.1) is 16.9 Å². The van der Waals surface area contributed by atoms with Gasteiger partial charge >= 0.3 is 6.03 Å². The Hall–Kier alpha value is -3.35. The van der Waals surface area contributed by atoms with Crippen molar-refractivity contribution in [1.29, 1.82) is 0 Å². The van der Waals surface area contributed by atoms with Crippen LogP contribution < -0.4 is 10.6 Å². The first kappa shape index (κ1) is 17.7. The van der Waals surface area contributed by atoms with Crippen molar-refractivity contribution in [2.75, 3.05) is 23.7 Å². The minimum atomic E-state index is -0.350. The van der Waals surface area contributed by atoms with Crippen LogP contribution in [-0.4, -0.2) is 28.6 Å². The monoisotopic (exact) mass is 394 g/mol. The molecule has 5 nitrogen and oxygen atoms in total. The van der Waals surface area contributed by atoms with Gasteiger partial charge in [-0.05, 0) is 67.4 Å². The van der Waals surface area contributed by atoms with Crippen LogP contribution in [0.4, 0.5) is 25.0 Å². The fourth-order valence-corrected chi connectivity index (χ4v) is 4.33. The number of hydrogen-bond donors (Lipinski definition) is 2. The second kappa shape index (κ2) is 6.62. The SMILES string of the molecule is O=C(Nc1ccc(F)cc1)N1CCC2(CC1)Nc1cc(F)ccc1-n1cccc12. The fraction of sp³-hybridized carbons (Fsp3) is 0.227. The van der Waals surface area contributed by atoms with Gasteiger partial charge < -0.3 is 20.1 Å². The number of halogens is 2. The normalized spacial score (nSPS) is 16.7. The summed E-state index contributed by atoms with van der Waals surface area (Å²) in [7, 11) is 0. The second-order valence-electron chi connectivity index (χ2n) is 7.56. The number of benzene rings is 2. The van der Waals surface area contributed by atoms with Crippen molar-refractivity contribution in [2.45, 2.75) is 18.4 Å². The van der Waals surface area contributed by atoms with Crippen LogP contribution in [0.2, 0.25) is 0 Å². The standard InChI is InChI=1S/C22H20F2N4O/c23-15-3-6-17(7-4-15)25-21(29)27-12-9-22(10-13-27)20-2-1-11-28(20)19-8-5-16(24)14-18(19)26-22/h1-8,11,14,26H,9-10,12-13H2,(H,25,29). The molecule has 2 aliphatic heterocycles. The molecule has 1 saturated heterocycles. The van der Waals surface area contributed by atoms with E-state index in [2.05, 4.69) is 21.3 Å². The molecular formula is C22H20F2N4O. The van der Waals surface area contributed by atoms with Crippen molar-refractivity contribution in [3.8, 4) is 5.69 Å². The van der Waals surface area contributed by atoms with Gasteiger partial charge in [-0.25, -0.2) is 13.6 Å². The van der Waals surface area contributed by atoms with Crippen LogP contribution in [0.5, 0.6) is 0 Å². The van der Waals surface area contributed by atoms with Gasteiger partial charge in [0.15, 0.2) is 0 Å². The molecule has 7 heteroatoms. The highest BCUT2D eigenvalue weighted by atomic mass is 19.1. The molecule has 3 heterocycles. The number of fused-ring (bicyclic) bond motifs is 4. The molecule has 0 atom stereocenters. The van der Waals surface area contributed by atoms with Crippen LogP contribution in [-0.2, 0) is 5.54 Å². The summed E-state index contributed by atoms with van der Waals surface area (Å²) in [5.74, 6) is -0.621. The van der Waals surface area contributed by atoms with E-state index >= 15 is 0 Å². The van der Waals surface area contributed by atoms with Crippen molar-refractivity contribution in [3.63, 3.8) is 0 Å². The lowest BCUT2D eigenvalue weighted by molar-refractivity contribution is 0.174. The quantitative estimate of drug-likeness (QED) is 0.628. The molecule has 148 valence electrons. The zero-order valence-electron chi connectivity index (χ0n) is 15.7. The van der Waals surface area contributed by atoms with Gasteiger partial charge in [-0.3, -0.25) is 0 Å². The summed E-state index contributed by atoms with van der Waals surface area (Å²) < 4.78 is 29.0. The maximum absolute atomic E-state index is 13.8. The lowest BCUT2D eigenvalue weighted by Crippen LogP contribution is -2.51. The molecule has 0 saturated carbocycles. The predicted molar refractivity (Wildman–Crippen MR) is 107 cm³/mol. The maximum atomic E-state index is 13.8. The molecule has 5 rings (SSSR count). The summed E-state index contributed by atoms with van der Waals surface area (Å²) in [5, 5.41) is 6.36. The van der Waals surface area contributed by atoms with E-state index < -0.39 is 0 Å². The molecule has 1 spiro atoms. The predicted octanol–water partition coefficient (Wildman–Crippen LogP) is 4.70. The largest absolute Gasteiger partial charge is 0.372 e. The number of carbonyl (C=O) groups is 1. The lowest BCUT2D eigenvalue weighted by Gasteiger charge is -2.46. The minimum Gasteiger partial charge on any atom is -0.372 e. The molecule has 1 fully saturated rings. The molecule has 0 aliphatic carbocycles. The number of likely N-dealkylation sites (tertiary alicyclic amines) is 1. The Labute approximate surface area is 166 Å². The summed E-state index contributed by atoms with van der Waals surface area (Å²) in [4.78, 5) is 14.4. The first-order valence-electron chi connectivity index (χ1n) is 9.62. The Bertz CT molecular complexity index is 1070. The average Bonchev–Trinajstić information content (AvgIpc) is 3.21. The summed E-state index contributed by atoms with van der Waals surface area (Å²) in [6.07, 6.45) is 3.38. The van der Waals surface area contributed by atoms with Crippen molar-refractivity contribution in [1.82, 2.24) is 9.47 Å². The zero-order chi connectivity index (χ0) is 20.0. The van der Waals surface area contributed by atoms with Gasteiger partial charge in [0, 0.05) is 30.7 Å². The number of urea groups is 1. The summed E-state index contributed by atoms with van der Waals surface area (Å²) in [6, 6.07) is 14.3. The van der Waals surface area contributed by atoms with E-state index in [1.165, 1.54) is 24.3 Å². The highest BCUT2D eigenvalue weighted by Crippen LogP contribution is 2.43. The summed E-state index contributed by atoms with van der Waals surface area (Å²) >= 11 is 0. The van der Waals surface area contributed by atoms with E-state index in [-0.39, 0.29) is 23.2 Å². The van der Waals surface area contributed by atoms with Gasteiger partial charge in [-0.2, -0.15) is 0 Å². The number of rotatable bonds is 1.